The van der Waals surface area contributed by atoms with E-state index in [1.54, 1.807) is 23.9 Å². The zero-order valence-corrected chi connectivity index (χ0v) is 17.4. The first-order chi connectivity index (χ1) is 12.2. The van der Waals surface area contributed by atoms with Crippen molar-refractivity contribution in [3.05, 3.63) is 59.8 Å². The van der Waals surface area contributed by atoms with Crippen molar-refractivity contribution in [1.82, 2.24) is 8.87 Å². The van der Waals surface area contributed by atoms with Crippen molar-refractivity contribution in [2.24, 2.45) is 0 Å². The molecule has 4 nitrogen and oxygen atoms in total. The number of hydrogen-bond donors (Lipinski definition) is 0. The summed E-state index contributed by atoms with van der Waals surface area (Å²) >= 11 is 1.68. The van der Waals surface area contributed by atoms with Crippen LogP contribution in [0.5, 0.6) is 0 Å². The van der Waals surface area contributed by atoms with Gasteiger partial charge in [-0.25, -0.2) is 12.4 Å². The van der Waals surface area contributed by atoms with Crippen molar-refractivity contribution < 1.29 is 8.42 Å². The Morgan fingerprint density at radius 1 is 1.00 bits per heavy atom. The Bertz CT molecular complexity index is 1040. The fourth-order valence-corrected chi connectivity index (χ4v) is 5.59. The first kappa shape index (κ1) is 19.0. The number of nitrogens with zero attached hydrogens (tertiary/aromatic N) is 2. The molecule has 1 atom stereocenters. The molecule has 6 heteroatoms. The van der Waals surface area contributed by atoms with Gasteiger partial charge in [-0.1, -0.05) is 35.9 Å². The van der Waals surface area contributed by atoms with E-state index in [0.717, 1.165) is 27.1 Å². The number of thioether (sulfide) groups is 1. The highest BCUT2D eigenvalue weighted by Crippen LogP contribution is 2.38. The Kier molecular flexibility index (Phi) is 5.19. The summed E-state index contributed by atoms with van der Waals surface area (Å²) < 4.78 is 28.2. The Morgan fingerprint density at radius 3 is 2.23 bits per heavy atom. The third-order valence-electron chi connectivity index (χ3n) is 4.58. The molecular weight excluding hydrogens is 364 g/mol. The highest BCUT2D eigenvalue weighted by atomic mass is 32.2. The summed E-state index contributed by atoms with van der Waals surface area (Å²) in [7, 11) is 0.388. The van der Waals surface area contributed by atoms with Crippen LogP contribution in [0.4, 0.5) is 0 Å². The Balaban J connectivity index is 2.23. The molecule has 1 aromatic heterocycles. The SMILES string of the molecule is Cc1ccc(S(=O)(=O)n2c(C)c(SC(C)N(C)C)c3ccccc32)cc1. The van der Waals surface area contributed by atoms with Gasteiger partial charge in [-0.2, -0.15) is 0 Å². The lowest BCUT2D eigenvalue weighted by Gasteiger charge is -2.19. The van der Waals surface area contributed by atoms with Crippen LogP contribution in [0, 0.1) is 13.8 Å². The van der Waals surface area contributed by atoms with E-state index in [9.17, 15) is 8.42 Å². The molecule has 0 saturated carbocycles. The molecule has 138 valence electrons. The van der Waals surface area contributed by atoms with Crippen molar-refractivity contribution in [3.63, 3.8) is 0 Å². The van der Waals surface area contributed by atoms with Gasteiger partial charge in [0.25, 0.3) is 10.0 Å². The fourth-order valence-electron chi connectivity index (χ4n) is 2.86. The molecule has 0 aliphatic carbocycles. The van der Waals surface area contributed by atoms with E-state index < -0.39 is 10.0 Å². The van der Waals surface area contributed by atoms with Gasteiger partial charge in [0.1, 0.15) is 0 Å². The van der Waals surface area contributed by atoms with Crippen LogP contribution in [0.25, 0.3) is 10.9 Å². The van der Waals surface area contributed by atoms with Gasteiger partial charge in [0, 0.05) is 16.0 Å². The number of hydrogen-bond acceptors (Lipinski definition) is 4. The molecule has 26 heavy (non-hydrogen) atoms. The minimum absolute atomic E-state index is 0.232. The Labute approximate surface area is 159 Å². The summed E-state index contributed by atoms with van der Waals surface area (Å²) in [4.78, 5) is 3.44. The zero-order chi connectivity index (χ0) is 19.1. The van der Waals surface area contributed by atoms with Crippen LogP contribution in [0.2, 0.25) is 0 Å². The van der Waals surface area contributed by atoms with Crippen LogP contribution in [-0.4, -0.2) is 36.8 Å². The molecule has 0 spiro atoms. The van der Waals surface area contributed by atoms with Gasteiger partial charge in [0.15, 0.2) is 0 Å². The second kappa shape index (κ2) is 7.10. The van der Waals surface area contributed by atoms with Crippen LogP contribution < -0.4 is 0 Å². The maximum atomic E-state index is 13.4. The first-order valence-electron chi connectivity index (χ1n) is 8.49. The smallest absolute Gasteiger partial charge is 0.268 e. The molecule has 1 unspecified atom stereocenters. The average molecular weight is 389 g/mol. The van der Waals surface area contributed by atoms with Crippen LogP contribution >= 0.6 is 11.8 Å². The van der Waals surface area contributed by atoms with Crippen molar-refractivity contribution >= 4 is 32.7 Å². The molecule has 0 bridgehead atoms. The second-order valence-electron chi connectivity index (χ2n) is 6.69. The van der Waals surface area contributed by atoms with Crippen LogP contribution in [0.15, 0.2) is 58.3 Å². The number of fused-ring (bicyclic) bond motifs is 1. The van der Waals surface area contributed by atoms with Gasteiger partial charge in [-0.15, -0.1) is 11.8 Å². The summed E-state index contributed by atoms with van der Waals surface area (Å²) in [5, 5.41) is 1.20. The molecule has 0 aliphatic heterocycles. The summed E-state index contributed by atoms with van der Waals surface area (Å²) in [6.45, 7) is 5.95. The van der Waals surface area contributed by atoms with Crippen molar-refractivity contribution in [3.8, 4) is 0 Å². The van der Waals surface area contributed by atoms with Gasteiger partial charge >= 0.3 is 0 Å². The minimum atomic E-state index is -3.66. The van der Waals surface area contributed by atoms with Crippen molar-refractivity contribution in [1.29, 1.82) is 0 Å². The monoisotopic (exact) mass is 388 g/mol. The largest absolute Gasteiger partial charge is 0.298 e. The van der Waals surface area contributed by atoms with Gasteiger partial charge in [0.05, 0.1) is 15.8 Å². The van der Waals surface area contributed by atoms with E-state index >= 15 is 0 Å². The van der Waals surface area contributed by atoms with E-state index in [1.165, 1.54) is 3.97 Å². The molecule has 3 rings (SSSR count). The fraction of sp³-hybridized carbons (Fsp3) is 0.300. The minimum Gasteiger partial charge on any atom is -0.298 e. The van der Waals surface area contributed by atoms with Gasteiger partial charge in [0.2, 0.25) is 0 Å². The van der Waals surface area contributed by atoms with Gasteiger partial charge in [-0.05, 0) is 53.1 Å². The highest BCUT2D eigenvalue weighted by molar-refractivity contribution is 8.00. The molecule has 0 saturated heterocycles. The van der Waals surface area contributed by atoms with E-state index in [1.807, 2.05) is 64.3 Å². The van der Waals surface area contributed by atoms with Gasteiger partial charge < -0.3 is 0 Å². The second-order valence-corrected chi connectivity index (χ2v) is 9.81. The molecule has 0 fully saturated rings. The summed E-state index contributed by atoms with van der Waals surface area (Å²) in [5.74, 6) is 0. The van der Waals surface area contributed by atoms with E-state index in [-0.39, 0.29) is 5.37 Å². The topological polar surface area (TPSA) is 42.3 Å². The predicted molar refractivity (Wildman–Crippen MR) is 109 cm³/mol. The maximum absolute atomic E-state index is 13.4. The number of benzene rings is 2. The number of rotatable bonds is 5. The quantitative estimate of drug-likeness (QED) is 0.477. The lowest BCUT2D eigenvalue weighted by atomic mass is 10.2. The maximum Gasteiger partial charge on any atom is 0.268 e. The lowest BCUT2D eigenvalue weighted by Crippen LogP contribution is -2.21. The molecule has 1 heterocycles. The third kappa shape index (κ3) is 3.29. The van der Waals surface area contributed by atoms with E-state index in [0.29, 0.717) is 4.90 Å². The summed E-state index contributed by atoms with van der Waals surface area (Å²) in [6.07, 6.45) is 0. The third-order valence-corrected chi connectivity index (χ3v) is 7.91. The predicted octanol–water partition coefficient (Wildman–Crippen LogP) is 4.49. The van der Waals surface area contributed by atoms with Crippen molar-refractivity contribution in [2.45, 2.75) is 35.9 Å². The normalized spacial score (nSPS) is 13.5. The van der Waals surface area contributed by atoms with Crippen LogP contribution in [-0.2, 0) is 10.0 Å². The van der Waals surface area contributed by atoms with E-state index in [2.05, 4.69) is 11.8 Å². The number of aromatic nitrogens is 1. The molecule has 2 aromatic carbocycles. The van der Waals surface area contributed by atoms with E-state index in [4.69, 9.17) is 0 Å². The number of para-hydroxylation sites is 1. The zero-order valence-electron chi connectivity index (χ0n) is 15.7. The van der Waals surface area contributed by atoms with Crippen LogP contribution in [0.3, 0.4) is 0 Å². The highest BCUT2D eigenvalue weighted by Gasteiger charge is 2.26. The number of aryl methyl sites for hydroxylation is 1. The first-order valence-corrected chi connectivity index (χ1v) is 10.8. The molecule has 0 N–H and O–H groups in total. The summed E-state index contributed by atoms with van der Waals surface area (Å²) in [5.41, 5.74) is 2.51. The summed E-state index contributed by atoms with van der Waals surface area (Å²) in [6, 6.07) is 14.7. The molecule has 0 amide bonds. The molecule has 0 radical (unpaired) electrons. The average Bonchev–Trinajstić information content (AvgIpc) is 2.88. The van der Waals surface area contributed by atoms with Gasteiger partial charge in [-0.3, -0.25) is 4.90 Å². The van der Waals surface area contributed by atoms with Crippen molar-refractivity contribution in [2.75, 3.05) is 14.1 Å². The Morgan fingerprint density at radius 2 is 1.62 bits per heavy atom. The molecular formula is C20H24N2O2S2. The van der Waals surface area contributed by atoms with Crippen LogP contribution in [0.1, 0.15) is 18.2 Å². The standard InChI is InChI=1S/C20H24N2O2S2/c1-14-10-12-17(13-11-14)26(23,24)22-15(2)20(25-16(3)21(4)5)18-8-6-7-9-19(18)22/h6-13,16H,1-5H3. The molecule has 3 aromatic rings. The molecule has 0 aliphatic rings. The lowest BCUT2D eigenvalue weighted by molar-refractivity contribution is 0.402. The Hall–Kier alpha value is -1.76.